The first kappa shape index (κ1) is 13.1. The summed E-state index contributed by atoms with van der Waals surface area (Å²) in [7, 11) is 0. The monoisotopic (exact) mass is 260 g/mol. The van der Waals surface area contributed by atoms with Gasteiger partial charge in [0.25, 0.3) is 0 Å². The van der Waals surface area contributed by atoms with E-state index in [1.807, 2.05) is 0 Å². The third-order valence-electron chi connectivity index (χ3n) is 4.21. The van der Waals surface area contributed by atoms with Crippen LogP contribution in [-0.4, -0.2) is 43.3 Å². The third kappa shape index (κ3) is 3.78. The Labute approximate surface area is 115 Å². The van der Waals surface area contributed by atoms with E-state index >= 15 is 0 Å². The lowest BCUT2D eigenvalue weighted by Gasteiger charge is -2.26. The topological polar surface area (TPSA) is 24.5 Å². The van der Waals surface area contributed by atoms with Crippen molar-refractivity contribution in [3.63, 3.8) is 0 Å². The summed E-state index contributed by atoms with van der Waals surface area (Å²) in [6.45, 7) is 5.35. The van der Waals surface area contributed by atoms with Crippen molar-refractivity contribution in [3.8, 4) is 0 Å². The largest absolute Gasteiger partial charge is 0.381 e. The summed E-state index contributed by atoms with van der Waals surface area (Å²) in [5.41, 5.74) is 1.43. The number of benzene rings is 1. The maximum Gasteiger partial charge on any atom is 0.0480 e. The van der Waals surface area contributed by atoms with Crippen LogP contribution >= 0.6 is 0 Å². The second-order valence-electron chi connectivity index (χ2n) is 5.76. The van der Waals surface area contributed by atoms with Gasteiger partial charge in [-0.3, -0.25) is 4.90 Å². The van der Waals surface area contributed by atoms with E-state index in [-0.39, 0.29) is 0 Å². The molecule has 2 heterocycles. The zero-order chi connectivity index (χ0) is 12.9. The van der Waals surface area contributed by atoms with Gasteiger partial charge in [-0.05, 0) is 24.8 Å². The molecule has 3 heteroatoms. The fourth-order valence-electron chi connectivity index (χ4n) is 3.15. The second kappa shape index (κ2) is 6.51. The van der Waals surface area contributed by atoms with E-state index < -0.39 is 0 Å². The highest BCUT2D eigenvalue weighted by Gasteiger charge is 2.25. The van der Waals surface area contributed by atoms with Crippen LogP contribution in [0.4, 0.5) is 0 Å². The van der Waals surface area contributed by atoms with Gasteiger partial charge < -0.3 is 10.1 Å². The van der Waals surface area contributed by atoms with Gasteiger partial charge in [0, 0.05) is 44.9 Å². The summed E-state index contributed by atoms with van der Waals surface area (Å²) < 4.78 is 5.41. The van der Waals surface area contributed by atoms with Gasteiger partial charge in [0.1, 0.15) is 0 Å². The number of likely N-dealkylation sites (tertiary alicyclic amines) is 1. The molecule has 0 amide bonds. The van der Waals surface area contributed by atoms with Crippen LogP contribution < -0.4 is 5.32 Å². The predicted molar refractivity (Wildman–Crippen MR) is 77.1 cm³/mol. The van der Waals surface area contributed by atoms with Crippen molar-refractivity contribution in [1.29, 1.82) is 0 Å². The highest BCUT2D eigenvalue weighted by atomic mass is 16.5. The molecule has 104 valence electrons. The van der Waals surface area contributed by atoms with Gasteiger partial charge in [0.05, 0.1) is 0 Å². The van der Waals surface area contributed by atoms with Crippen LogP contribution in [0.25, 0.3) is 0 Å². The van der Waals surface area contributed by atoms with Gasteiger partial charge in [-0.2, -0.15) is 0 Å². The molecular weight excluding hydrogens is 236 g/mol. The van der Waals surface area contributed by atoms with Crippen LogP contribution in [0.2, 0.25) is 0 Å². The lowest BCUT2D eigenvalue weighted by Crippen LogP contribution is -2.42. The smallest absolute Gasteiger partial charge is 0.0480 e. The number of nitrogens with zero attached hydrogens (tertiary/aromatic N) is 1. The van der Waals surface area contributed by atoms with E-state index in [4.69, 9.17) is 4.74 Å². The van der Waals surface area contributed by atoms with Gasteiger partial charge in [-0.15, -0.1) is 0 Å². The Balaban J connectivity index is 1.44. The number of hydrogen-bond acceptors (Lipinski definition) is 3. The minimum atomic E-state index is 0.673. The first-order valence-electron chi connectivity index (χ1n) is 7.50. The van der Waals surface area contributed by atoms with Gasteiger partial charge in [-0.25, -0.2) is 0 Å². The minimum absolute atomic E-state index is 0.673. The summed E-state index contributed by atoms with van der Waals surface area (Å²) in [4.78, 5) is 2.56. The van der Waals surface area contributed by atoms with Gasteiger partial charge >= 0.3 is 0 Å². The summed E-state index contributed by atoms with van der Waals surface area (Å²) in [6.07, 6.45) is 3.63. The molecule has 0 aliphatic carbocycles. The molecule has 1 N–H and O–H groups in total. The molecule has 19 heavy (non-hydrogen) atoms. The highest BCUT2D eigenvalue weighted by Crippen LogP contribution is 2.16. The lowest BCUT2D eigenvalue weighted by atomic mass is 10.1. The van der Waals surface area contributed by atoms with Crippen molar-refractivity contribution < 1.29 is 4.74 Å². The van der Waals surface area contributed by atoms with Crippen molar-refractivity contribution in [1.82, 2.24) is 10.2 Å². The van der Waals surface area contributed by atoms with E-state index in [1.54, 1.807) is 0 Å². The molecule has 0 saturated carbocycles. The van der Waals surface area contributed by atoms with Crippen molar-refractivity contribution >= 4 is 0 Å². The minimum Gasteiger partial charge on any atom is -0.381 e. The van der Waals surface area contributed by atoms with Crippen LogP contribution in [0.5, 0.6) is 0 Å². The molecule has 1 aromatic rings. The zero-order valence-electron chi connectivity index (χ0n) is 11.6. The molecule has 3 rings (SSSR count). The molecule has 0 bridgehead atoms. The first-order valence-corrected chi connectivity index (χ1v) is 7.50. The van der Waals surface area contributed by atoms with Crippen molar-refractivity contribution in [2.45, 2.75) is 37.9 Å². The summed E-state index contributed by atoms with van der Waals surface area (Å²) in [6, 6.07) is 12.1. The maximum absolute atomic E-state index is 5.41. The number of nitrogens with one attached hydrogen (secondary N) is 1. The lowest BCUT2D eigenvalue weighted by molar-refractivity contribution is 0.0750. The standard InChI is InChI=1S/C16H24N2O/c1-2-4-14(5-3-1)12-18-9-6-16(13-18)17-15-7-10-19-11-8-15/h1-5,15-17H,6-13H2. The van der Waals surface area contributed by atoms with Crippen LogP contribution in [0.3, 0.4) is 0 Å². The SMILES string of the molecule is c1ccc(CN2CCC(NC3CCOCC3)C2)cc1. The van der Waals surface area contributed by atoms with E-state index in [2.05, 4.69) is 40.5 Å². The molecule has 2 aliphatic rings. The van der Waals surface area contributed by atoms with Crippen LogP contribution in [0, 0.1) is 0 Å². The molecule has 3 nitrogen and oxygen atoms in total. The highest BCUT2D eigenvalue weighted by molar-refractivity contribution is 5.14. The van der Waals surface area contributed by atoms with E-state index in [1.165, 1.54) is 37.9 Å². The van der Waals surface area contributed by atoms with Crippen LogP contribution in [0.15, 0.2) is 30.3 Å². The molecule has 1 unspecified atom stereocenters. The van der Waals surface area contributed by atoms with Gasteiger partial charge in [-0.1, -0.05) is 30.3 Å². The Morgan fingerprint density at radius 2 is 1.84 bits per heavy atom. The van der Waals surface area contributed by atoms with Gasteiger partial charge in [0.15, 0.2) is 0 Å². The molecule has 1 atom stereocenters. The van der Waals surface area contributed by atoms with Gasteiger partial charge in [0.2, 0.25) is 0 Å². The molecule has 0 aromatic heterocycles. The molecular formula is C16H24N2O. The molecule has 2 aliphatic heterocycles. The fraction of sp³-hybridized carbons (Fsp3) is 0.625. The first-order chi connectivity index (χ1) is 9.40. The quantitative estimate of drug-likeness (QED) is 0.896. The Bertz CT molecular complexity index is 376. The fourth-order valence-corrected chi connectivity index (χ4v) is 3.15. The Morgan fingerprint density at radius 3 is 2.63 bits per heavy atom. The maximum atomic E-state index is 5.41. The van der Waals surface area contributed by atoms with Crippen LogP contribution in [-0.2, 0) is 11.3 Å². The summed E-state index contributed by atoms with van der Waals surface area (Å²) >= 11 is 0. The second-order valence-corrected chi connectivity index (χ2v) is 5.76. The summed E-state index contributed by atoms with van der Waals surface area (Å²) in [5, 5.41) is 3.81. The predicted octanol–water partition coefficient (Wildman–Crippen LogP) is 2.03. The van der Waals surface area contributed by atoms with Crippen LogP contribution in [0.1, 0.15) is 24.8 Å². The molecule has 1 aromatic carbocycles. The number of ether oxygens (including phenoxy) is 1. The number of rotatable bonds is 4. The van der Waals surface area contributed by atoms with E-state index in [9.17, 15) is 0 Å². The van der Waals surface area contributed by atoms with Crippen molar-refractivity contribution in [3.05, 3.63) is 35.9 Å². The molecule has 2 saturated heterocycles. The average molecular weight is 260 g/mol. The van der Waals surface area contributed by atoms with E-state index in [0.29, 0.717) is 12.1 Å². The molecule has 2 fully saturated rings. The third-order valence-corrected chi connectivity index (χ3v) is 4.21. The molecule has 0 spiro atoms. The Hall–Kier alpha value is -0.900. The van der Waals surface area contributed by atoms with Crippen molar-refractivity contribution in [2.24, 2.45) is 0 Å². The van der Waals surface area contributed by atoms with E-state index in [0.717, 1.165) is 19.8 Å². The average Bonchev–Trinajstić information content (AvgIpc) is 2.88. The number of hydrogen-bond donors (Lipinski definition) is 1. The Morgan fingerprint density at radius 1 is 1.05 bits per heavy atom. The normalized spacial score (nSPS) is 25.8. The van der Waals surface area contributed by atoms with Crippen molar-refractivity contribution in [2.75, 3.05) is 26.3 Å². The molecule has 0 radical (unpaired) electrons. The summed E-state index contributed by atoms with van der Waals surface area (Å²) in [5.74, 6) is 0. The Kier molecular flexibility index (Phi) is 4.49. The zero-order valence-corrected chi connectivity index (χ0v) is 11.6.